The van der Waals surface area contributed by atoms with E-state index >= 15 is 0 Å². The average Bonchev–Trinajstić information content (AvgIpc) is 2.99. The number of thioether (sulfide) groups is 1. The first kappa shape index (κ1) is 24.7. The first-order valence-corrected chi connectivity index (χ1v) is 12.0. The van der Waals surface area contributed by atoms with Gasteiger partial charge in [-0.3, -0.25) is 19.3 Å². The largest absolute Gasteiger partial charge is 0.502 e. The third kappa shape index (κ3) is 4.88. The summed E-state index contributed by atoms with van der Waals surface area (Å²) in [7, 11) is 0. The van der Waals surface area contributed by atoms with Gasteiger partial charge in [-0.05, 0) is 29.2 Å². The zero-order valence-corrected chi connectivity index (χ0v) is 19.9. The van der Waals surface area contributed by atoms with Crippen LogP contribution >= 0.6 is 11.8 Å². The molecule has 0 saturated carbocycles. The van der Waals surface area contributed by atoms with Crippen molar-refractivity contribution in [2.75, 3.05) is 11.7 Å². The van der Waals surface area contributed by atoms with Gasteiger partial charge < -0.3 is 10.4 Å². The normalized spacial score (nSPS) is 16.7. The number of nitrogens with zero attached hydrogens (tertiary/aromatic N) is 2. The van der Waals surface area contributed by atoms with E-state index in [4.69, 9.17) is 0 Å². The number of amides is 1. The number of hydrogen-bond acceptors (Lipinski definition) is 5. The Hall–Kier alpha value is -3.40. The van der Waals surface area contributed by atoms with Crippen molar-refractivity contribution >= 4 is 17.7 Å². The number of halogens is 3. The Morgan fingerprint density at radius 2 is 1.77 bits per heavy atom. The van der Waals surface area contributed by atoms with Gasteiger partial charge in [0.05, 0.1) is 6.04 Å². The van der Waals surface area contributed by atoms with Crippen LogP contribution in [0.2, 0.25) is 0 Å². The number of benzene rings is 2. The van der Waals surface area contributed by atoms with Gasteiger partial charge in [0.2, 0.25) is 5.43 Å². The summed E-state index contributed by atoms with van der Waals surface area (Å²) in [5.41, 5.74) is 4.11. The van der Waals surface area contributed by atoms with E-state index in [9.17, 15) is 27.9 Å². The second-order valence-electron chi connectivity index (χ2n) is 8.18. The van der Waals surface area contributed by atoms with Crippen molar-refractivity contribution in [3.05, 3.63) is 92.9 Å². The molecule has 2 N–H and O–H groups in total. The summed E-state index contributed by atoms with van der Waals surface area (Å²) >= 11 is 1.81. The smallest absolute Gasteiger partial charge is 0.388 e. The number of alkyl halides is 3. The molecule has 0 bridgehead atoms. The van der Waals surface area contributed by atoms with Gasteiger partial charge in [0.1, 0.15) is 6.67 Å². The van der Waals surface area contributed by atoms with E-state index in [1.54, 1.807) is 10.9 Å². The van der Waals surface area contributed by atoms with Crippen molar-refractivity contribution in [3.63, 3.8) is 0 Å². The summed E-state index contributed by atoms with van der Waals surface area (Å²) in [5.74, 6) is -0.139. The predicted octanol–water partition coefficient (Wildman–Crippen LogP) is 4.86. The van der Waals surface area contributed by atoms with Crippen LogP contribution in [0.15, 0.2) is 64.4 Å². The molecule has 2 aliphatic heterocycles. The summed E-state index contributed by atoms with van der Waals surface area (Å²) in [6.45, 7) is 3.44. The summed E-state index contributed by atoms with van der Waals surface area (Å²) < 4.78 is 34.0. The van der Waals surface area contributed by atoms with Crippen LogP contribution in [-0.2, 0) is 5.75 Å². The molecule has 184 valence electrons. The fraction of sp³-hybridized carbons (Fsp3) is 0.280. The summed E-state index contributed by atoms with van der Waals surface area (Å²) in [6.07, 6.45) is -3.13. The molecule has 6 nitrogen and oxygen atoms in total. The maximum Gasteiger partial charge on any atom is 0.388 e. The lowest BCUT2D eigenvalue weighted by atomic mass is 9.93. The summed E-state index contributed by atoms with van der Waals surface area (Å²) in [6, 6.07) is 15.7. The molecule has 0 spiro atoms. The standard InChI is InChI=1S/C22H19N3O3S.C3H5F3/c1-13-5-4-8-16-18(15-7-3-2-6-14(15)11-29-21(13)16)25-12-23-22(28)19-20(27)17(26)9-10-24(19)25;1-2-3(4,5)6/h2-10,18,27H,11-12H2,1H3,(H,23,28);2H2,1H3. The van der Waals surface area contributed by atoms with Crippen LogP contribution in [-0.4, -0.2) is 28.5 Å². The van der Waals surface area contributed by atoms with E-state index in [-0.39, 0.29) is 18.4 Å². The first-order valence-electron chi connectivity index (χ1n) is 11.0. The van der Waals surface area contributed by atoms with Crippen LogP contribution in [0.1, 0.15) is 52.1 Å². The zero-order valence-electron chi connectivity index (χ0n) is 19.1. The molecule has 3 heterocycles. The maximum absolute atomic E-state index is 12.4. The van der Waals surface area contributed by atoms with E-state index in [1.165, 1.54) is 22.1 Å². The predicted molar refractivity (Wildman–Crippen MR) is 128 cm³/mol. The van der Waals surface area contributed by atoms with E-state index < -0.39 is 29.7 Å². The zero-order chi connectivity index (χ0) is 25.3. The molecule has 35 heavy (non-hydrogen) atoms. The fourth-order valence-electron chi connectivity index (χ4n) is 4.13. The molecular formula is C25H24F3N3O3S. The SMILES string of the molecule is CCC(F)(F)F.Cc1cccc2c1SCc1ccccc1C2N1CNC(=O)c2c(O)c(=O)ccn21. The minimum atomic E-state index is -3.96. The van der Waals surface area contributed by atoms with Crippen molar-refractivity contribution in [2.24, 2.45) is 0 Å². The minimum absolute atomic E-state index is 0.0349. The van der Waals surface area contributed by atoms with E-state index in [0.29, 0.717) is 0 Å². The highest BCUT2D eigenvalue weighted by Crippen LogP contribution is 2.43. The van der Waals surface area contributed by atoms with Crippen molar-refractivity contribution in [2.45, 2.75) is 43.1 Å². The molecule has 1 atom stereocenters. The summed E-state index contributed by atoms with van der Waals surface area (Å²) in [4.78, 5) is 25.6. The monoisotopic (exact) mass is 503 g/mol. The van der Waals surface area contributed by atoms with Crippen molar-refractivity contribution in [3.8, 4) is 5.75 Å². The van der Waals surface area contributed by atoms with Crippen LogP contribution in [0.3, 0.4) is 0 Å². The lowest BCUT2D eigenvalue weighted by molar-refractivity contribution is -0.130. The molecule has 1 aromatic heterocycles. The average molecular weight is 504 g/mol. The number of fused-ring (bicyclic) bond motifs is 3. The fourth-order valence-corrected chi connectivity index (χ4v) is 5.33. The highest BCUT2D eigenvalue weighted by atomic mass is 32.2. The Labute approximate surface area is 204 Å². The van der Waals surface area contributed by atoms with Crippen LogP contribution in [0, 0.1) is 6.92 Å². The highest BCUT2D eigenvalue weighted by Gasteiger charge is 2.35. The lowest BCUT2D eigenvalue weighted by Crippen LogP contribution is -2.53. The van der Waals surface area contributed by atoms with Gasteiger partial charge in [-0.2, -0.15) is 13.2 Å². The third-order valence-electron chi connectivity index (χ3n) is 5.90. The van der Waals surface area contributed by atoms with E-state index in [1.807, 2.05) is 35.0 Å². The second kappa shape index (κ2) is 9.69. The third-order valence-corrected chi connectivity index (χ3v) is 7.21. The topological polar surface area (TPSA) is 74.6 Å². The molecule has 5 rings (SSSR count). The van der Waals surface area contributed by atoms with Crippen molar-refractivity contribution in [1.29, 1.82) is 0 Å². The maximum atomic E-state index is 12.4. The summed E-state index contributed by atoms with van der Waals surface area (Å²) in [5, 5.41) is 15.1. The Bertz CT molecular complexity index is 1320. The van der Waals surface area contributed by atoms with Crippen LogP contribution in [0.4, 0.5) is 13.2 Å². The molecule has 0 saturated heterocycles. The number of aromatic nitrogens is 1. The number of nitrogens with one attached hydrogen (secondary N) is 1. The molecule has 0 radical (unpaired) electrons. The van der Waals surface area contributed by atoms with Gasteiger partial charge in [0.25, 0.3) is 5.91 Å². The van der Waals surface area contributed by atoms with Gasteiger partial charge >= 0.3 is 6.18 Å². The number of carbonyl (C=O) groups excluding carboxylic acids is 1. The highest BCUT2D eigenvalue weighted by molar-refractivity contribution is 7.98. The molecule has 0 aliphatic carbocycles. The number of carbonyl (C=O) groups is 1. The molecule has 1 amide bonds. The Balaban J connectivity index is 0.000000431. The molecule has 2 aliphatic rings. The molecule has 3 aromatic rings. The molecular weight excluding hydrogens is 479 g/mol. The second-order valence-corrected chi connectivity index (χ2v) is 9.16. The molecule has 2 aromatic carbocycles. The van der Waals surface area contributed by atoms with Gasteiger partial charge in [0, 0.05) is 29.3 Å². The Morgan fingerprint density at radius 1 is 1.09 bits per heavy atom. The lowest BCUT2D eigenvalue weighted by Gasteiger charge is -2.40. The van der Waals surface area contributed by atoms with Crippen LogP contribution < -0.4 is 15.8 Å². The van der Waals surface area contributed by atoms with E-state index in [0.717, 1.165) is 23.8 Å². The first-order chi connectivity index (χ1) is 16.6. The van der Waals surface area contributed by atoms with Gasteiger partial charge in [-0.15, -0.1) is 11.8 Å². The molecule has 0 fully saturated rings. The van der Waals surface area contributed by atoms with Crippen LogP contribution in [0.25, 0.3) is 0 Å². The number of rotatable bonds is 1. The minimum Gasteiger partial charge on any atom is -0.502 e. The van der Waals surface area contributed by atoms with Crippen LogP contribution in [0.5, 0.6) is 5.75 Å². The molecule has 10 heteroatoms. The van der Waals surface area contributed by atoms with Gasteiger partial charge in [-0.1, -0.05) is 49.4 Å². The quantitative estimate of drug-likeness (QED) is 0.497. The molecule has 1 unspecified atom stereocenters. The van der Waals surface area contributed by atoms with Crippen molar-refractivity contribution < 1.29 is 23.1 Å². The van der Waals surface area contributed by atoms with Gasteiger partial charge in [0.15, 0.2) is 11.4 Å². The number of aromatic hydroxyl groups is 1. The number of aryl methyl sites for hydroxylation is 1. The number of pyridine rings is 1. The van der Waals surface area contributed by atoms with Gasteiger partial charge in [-0.25, -0.2) is 0 Å². The Kier molecular flexibility index (Phi) is 6.84. The Morgan fingerprint density at radius 3 is 2.49 bits per heavy atom. The van der Waals surface area contributed by atoms with Crippen molar-refractivity contribution in [1.82, 2.24) is 9.99 Å². The van der Waals surface area contributed by atoms with E-state index in [2.05, 4.69) is 36.5 Å². The number of hydrogen-bond donors (Lipinski definition) is 2.